The van der Waals surface area contributed by atoms with Gasteiger partial charge in [-0.1, -0.05) is 13.8 Å². The van der Waals surface area contributed by atoms with Gasteiger partial charge in [0.15, 0.2) is 0 Å². The van der Waals surface area contributed by atoms with Gasteiger partial charge in [-0.15, -0.1) is 0 Å². The van der Waals surface area contributed by atoms with Crippen molar-refractivity contribution in [1.29, 1.82) is 0 Å². The van der Waals surface area contributed by atoms with Crippen LogP contribution in [0.15, 0.2) is 0 Å². The highest BCUT2D eigenvalue weighted by molar-refractivity contribution is 4.76. The summed E-state index contributed by atoms with van der Waals surface area (Å²) in [6, 6.07) is 0.440. The van der Waals surface area contributed by atoms with Crippen LogP contribution in [0.25, 0.3) is 0 Å². The first-order valence-electron chi connectivity index (χ1n) is 6.24. The van der Waals surface area contributed by atoms with Crippen molar-refractivity contribution in [3.8, 4) is 0 Å². The van der Waals surface area contributed by atoms with E-state index >= 15 is 0 Å². The van der Waals surface area contributed by atoms with Crippen LogP contribution in [-0.2, 0) is 0 Å². The molecule has 0 amide bonds. The molecule has 2 atom stereocenters. The quantitative estimate of drug-likeness (QED) is 0.709. The van der Waals surface area contributed by atoms with E-state index in [0.717, 1.165) is 12.3 Å². The average Bonchev–Trinajstić information content (AvgIpc) is 2.63. The summed E-state index contributed by atoms with van der Waals surface area (Å²) >= 11 is 0. The zero-order chi connectivity index (χ0) is 10.4. The van der Waals surface area contributed by atoms with Crippen molar-refractivity contribution in [2.75, 3.05) is 19.6 Å². The van der Waals surface area contributed by atoms with Gasteiger partial charge in [0.2, 0.25) is 0 Å². The Kier molecular flexibility index (Phi) is 5.49. The van der Waals surface area contributed by atoms with Crippen LogP contribution in [0.3, 0.4) is 0 Å². The minimum atomic E-state index is 0.440. The summed E-state index contributed by atoms with van der Waals surface area (Å²) in [5.74, 6) is 0.930. The summed E-state index contributed by atoms with van der Waals surface area (Å²) in [7, 11) is 0. The van der Waals surface area contributed by atoms with E-state index < -0.39 is 0 Å². The van der Waals surface area contributed by atoms with E-state index in [1.165, 1.54) is 45.3 Å². The molecule has 84 valence electrons. The van der Waals surface area contributed by atoms with E-state index in [1.807, 2.05) is 0 Å². The second-order valence-electron chi connectivity index (χ2n) is 4.70. The molecular formula is C12H26N2. The maximum atomic E-state index is 5.93. The Morgan fingerprint density at radius 3 is 2.86 bits per heavy atom. The fraction of sp³-hybridized carbons (Fsp3) is 1.00. The summed E-state index contributed by atoms with van der Waals surface area (Å²) < 4.78 is 0. The Labute approximate surface area is 88.8 Å². The molecule has 1 rings (SSSR count). The molecule has 1 heterocycles. The third-order valence-corrected chi connectivity index (χ3v) is 3.38. The summed E-state index contributed by atoms with van der Waals surface area (Å²) in [4.78, 5) is 2.60. The monoisotopic (exact) mass is 198 g/mol. The van der Waals surface area contributed by atoms with Crippen molar-refractivity contribution in [3.63, 3.8) is 0 Å². The topological polar surface area (TPSA) is 29.3 Å². The molecule has 0 bridgehead atoms. The van der Waals surface area contributed by atoms with Crippen molar-refractivity contribution in [1.82, 2.24) is 4.90 Å². The molecule has 0 aromatic carbocycles. The minimum Gasteiger partial charge on any atom is -0.328 e. The number of likely N-dealkylation sites (tertiary alicyclic amines) is 1. The first-order chi connectivity index (χ1) is 6.76. The van der Waals surface area contributed by atoms with Crippen LogP contribution in [0.5, 0.6) is 0 Å². The van der Waals surface area contributed by atoms with E-state index in [0.29, 0.717) is 6.04 Å². The standard InChI is InChI=1S/C12H26N2/c1-3-8-14-9-7-11(10-14)5-6-12(13)4-2/h11-12H,3-10,13H2,1-2H3. The van der Waals surface area contributed by atoms with E-state index in [-0.39, 0.29) is 0 Å². The molecule has 14 heavy (non-hydrogen) atoms. The van der Waals surface area contributed by atoms with E-state index in [4.69, 9.17) is 5.73 Å². The fourth-order valence-electron chi connectivity index (χ4n) is 2.32. The predicted octanol–water partition coefficient (Wildman–Crippen LogP) is 2.24. The normalized spacial score (nSPS) is 25.5. The molecule has 1 aliphatic heterocycles. The number of rotatable bonds is 6. The lowest BCUT2D eigenvalue weighted by Gasteiger charge is -2.15. The molecule has 0 aliphatic carbocycles. The molecule has 0 radical (unpaired) electrons. The lowest BCUT2D eigenvalue weighted by atomic mass is 9.98. The van der Waals surface area contributed by atoms with Gasteiger partial charge in [0, 0.05) is 12.6 Å². The molecule has 0 aromatic heterocycles. The largest absolute Gasteiger partial charge is 0.328 e. The van der Waals surface area contributed by atoms with Gasteiger partial charge in [-0.2, -0.15) is 0 Å². The lowest BCUT2D eigenvalue weighted by molar-refractivity contribution is 0.318. The minimum absolute atomic E-state index is 0.440. The van der Waals surface area contributed by atoms with Crippen LogP contribution in [0.1, 0.15) is 46.0 Å². The smallest absolute Gasteiger partial charge is 0.00363 e. The van der Waals surface area contributed by atoms with Crippen LogP contribution >= 0.6 is 0 Å². The van der Waals surface area contributed by atoms with Gasteiger partial charge in [-0.3, -0.25) is 0 Å². The van der Waals surface area contributed by atoms with Crippen LogP contribution < -0.4 is 5.73 Å². The Balaban J connectivity index is 2.09. The van der Waals surface area contributed by atoms with Crippen LogP contribution in [0, 0.1) is 5.92 Å². The van der Waals surface area contributed by atoms with Gasteiger partial charge >= 0.3 is 0 Å². The van der Waals surface area contributed by atoms with E-state index in [2.05, 4.69) is 18.7 Å². The fourth-order valence-corrected chi connectivity index (χ4v) is 2.32. The maximum Gasteiger partial charge on any atom is 0.00363 e. The van der Waals surface area contributed by atoms with Crippen molar-refractivity contribution >= 4 is 0 Å². The van der Waals surface area contributed by atoms with Crippen molar-refractivity contribution < 1.29 is 0 Å². The molecule has 2 N–H and O–H groups in total. The van der Waals surface area contributed by atoms with Gasteiger partial charge in [0.25, 0.3) is 0 Å². The van der Waals surface area contributed by atoms with Gasteiger partial charge in [-0.25, -0.2) is 0 Å². The zero-order valence-corrected chi connectivity index (χ0v) is 9.84. The molecule has 1 fully saturated rings. The first-order valence-corrected chi connectivity index (χ1v) is 6.24. The predicted molar refractivity (Wildman–Crippen MR) is 62.3 cm³/mol. The molecule has 0 aromatic rings. The molecule has 1 aliphatic rings. The Bertz CT molecular complexity index is 147. The number of nitrogens with zero attached hydrogens (tertiary/aromatic N) is 1. The average molecular weight is 198 g/mol. The molecule has 0 spiro atoms. The molecular weight excluding hydrogens is 172 g/mol. The van der Waals surface area contributed by atoms with Gasteiger partial charge in [-0.05, 0) is 51.1 Å². The Morgan fingerprint density at radius 1 is 1.43 bits per heavy atom. The molecule has 0 saturated carbocycles. The first kappa shape index (κ1) is 12.0. The number of hydrogen-bond donors (Lipinski definition) is 1. The van der Waals surface area contributed by atoms with Crippen LogP contribution in [-0.4, -0.2) is 30.6 Å². The number of hydrogen-bond acceptors (Lipinski definition) is 2. The van der Waals surface area contributed by atoms with Gasteiger partial charge < -0.3 is 10.6 Å². The molecule has 2 nitrogen and oxygen atoms in total. The zero-order valence-electron chi connectivity index (χ0n) is 9.84. The van der Waals surface area contributed by atoms with Gasteiger partial charge in [0.05, 0.1) is 0 Å². The van der Waals surface area contributed by atoms with Crippen molar-refractivity contribution in [2.45, 2.75) is 52.0 Å². The molecule has 1 saturated heterocycles. The van der Waals surface area contributed by atoms with Crippen molar-refractivity contribution in [3.05, 3.63) is 0 Å². The summed E-state index contributed by atoms with van der Waals surface area (Å²) in [6.45, 7) is 8.38. The van der Waals surface area contributed by atoms with E-state index in [1.54, 1.807) is 0 Å². The Hall–Kier alpha value is -0.0800. The van der Waals surface area contributed by atoms with Crippen LogP contribution in [0.2, 0.25) is 0 Å². The summed E-state index contributed by atoms with van der Waals surface area (Å²) in [5.41, 5.74) is 5.93. The third-order valence-electron chi connectivity index (χ3n) is 3.38. The van der Waals surface area contributed by atoms with E-state index in [9.17, 15) is 0 Å². The summed E-state index contributed by atoms with van der Waals surface area (Å²) in [5, 5.41) is 0. The molecule has 2 unspecified atom stereocenters. The third kappa shape index (κ3) is 3.97. The highest BCUT2D eigenvalue weighted by Crippen LogP contribution is 2.21. The maximum absolute atomic E-state index is 5.93. The lowest BCUT2D eigenvalue weighted by Crippen LogP contribution is -2.23. The summed E-state index contributed by atoms with van der Waals surface area (Å²) in [6.07, 6.45) is 6.39. The SMILES string of the molecule is CCCN1CCC(CCC(N)CC)C1. The van der Waals surface area contributed by atoms with Crippen LogP contribution in [0.4, 0.5) is 0 Å². The highest BCUT2D eigenvalue weighted by atomic mass is 15.1. The van der Waals surface area contributed by atoms with Gasteiger partial charge in [0.1, 0.15) is 0 Å². The van der Waals surface area contributed by atoms with Crippen molar-refractivity contribution in [2.24, 2.45) is 11.7 Å². The highest BCUT2D eigenvalue weighted by Gasteiger charge is 2.21. The second-order valence-corrected chi connectivity index (χ2v) is 4.70. The number of nitrogens with two attached hydrogens (primary N) is 1. The second kappa shape index (κ2) is 6.41. The molecule has 2 heteroatoms. The Morgan fingerprint density at radius 2 is 2.21 bits per heavy atom.